The van der Waals surface area contributed by atoms with Crippen molar-refractivity contribution >= 4 is 11.9 Å². The lowest BCUT2D eigenvalue weighted by Gasteiger charge is -2.06. The van der Waals surface area contributed by atoms with Crippen molar-refractivity contribution in [2.24, 2.45) is 0 Å². The van der Waals surface area contributed by atoms with Gasteiger partial charge in [-0.25, -0.2) is 0 Å². The van der Waals surface area contributed by atoms with Crippen LogP contribution in [0.25, 0.3) is 6.08 Å². The number of ketones is 1. The molecule has 2 aromatic carbocycles. The van der Waals surface area contributed by atoms with Crippen LogP contribution in [0.2, 0.25) is 0 Å². The average Bonchev–Trinajstić information content (AvgIpc) is 2.57. The number of hydrogen-bond donors (Lipinski definition) is 0. The third-order valence-electron chi connectivity index (χ3n) is 4.79. The fourth-order valence-corrected chi connectivity index (χ4v) is 3.07. The van der Waals surface area contributed by atoms with Gasteiger partial charge in [0.2, 0.25) is 0 Å². The minimum absolute atomic E-state index is 0.335. The van der Waals surface area contributed by atoms with Gasteiger partial charge in [0.15, 0.2) is 0 Å². The summed E-state index contributed by atoms with van der Waals surface area (Å²) in [7, 11) is 0. The zero-order valence-corrected chi connectivity index (χ0v) is 16.1. The number of benzene rings is 2. The van der Waals surface area contributed by atoms with Gasteiger partial charge in [-0.05, 0) is 69.2 Å². The molecule has 0 saturated carbocycles. The zero-order valence-electron chi connectivity index (χ0n) is 16.1. The molecule has 0 atom stereocenters. The quantitative estimate of drug-likeness (QED) is 0.517. The third kappa shape index (κ3) is 6.34. The van der Waals surface area contributed by atoms with Gasteiger partial charge in [-0.15, -0.1) is 0 Å². The van der Waals surface area contributed by atoms with Crippen LogP contribution in [0.5, 0.6) is 0 Å². The first-order valence-electron chi connectivity index (χ1n) is 9.27. The molecule has 0 fully saturated rings. The van der Waals surface area contributed by atoms with Crippen molar-refractivity contribution in [3.8, 4) is 0 Å². The minimum atomic E-state index is 0.335. The predicted molar refractivity (Wildman–Crippen MR) is 108 cm³/mol. The highest BCUT2D eigenvalue weighted by Crippen LogP contribution is 2.18. The summed E-state index contributed by atoms with van der Waals surface area (Å²) < 4.78 is 0. The molecule has 0 amide bonds. The van der Waals surface area contributed by atoms with Crippen molar-refractivity contribution < 1.29 is 4.79 Å². The van der Waals surface area contributed by atoms with E-state index >= 15 is 0 Å². The highest BCUT2D eigenvalue weighted by molar-refractivity contribution is 5.80. The summed E-state index contributed by atoms with van der Waals surface area (Å²) in [5.74, 6) is 0.335. The molecule has 0 N–H and O–H groups in total. The van der Waals surface area contributed by atoms with E-state index in [1.54, 1.807) is 0 Å². The van der Waals surface area contributed by atoms with Crippen LogP contribution in [-0.2, 0) is 11.2 Å². The molecule has 0 aliphatic rings. The Morgan fingerprint density at radius 3 is 2.36 bits per heavy atom. The smallest absolute Gasteiger partial charge is 0.136 e. The molecule has 0 saturated heterocycles. The number of carbonyl (C=O) groups excluding carboxylic acids is 1. The Kier molecular flexibility index (Phi) is 7.18. The van der Waals surface area contributed by atoms with E-state index in [1.807, 2.05) is 6.08 Å². The zero-order chi connectivity index (χ0) is 18.2. The van der Waals surface area contributed by atoms with Gasteiger partial charge in [-0.3, -0.25) is 4.79 Å². The standard InChI is InChI=1S/C24H30O/c1-18-12-14-22(15-13-18)8-5-6-10-24(25)11-7-9-23-17-19(2)16-20(3)21(23)4/h7,9,12-17H,5-6,8,10-11H2,1-4H3/b9-7+. The molecule has 0 heterocycles. The number of rotatable bonds is 8. The van der Waals surface area contributed by atoms with Crippen LogP contribution in [0, 0.1) is 27.7 Å². The molecule has 0 unspecified atom stereocenters. The van der Waals surface area contributed by atoms with Gasteiger partial charge in [0.05, 0.1) is 0 Å². The second-order valence-corrected chi connectivity index (χ2v) is 7.13. The second kappa shape index (κ2) is 9.36. The van der Waals surface area contributed by atoms with E-state index in [4.69, 9.17) is 0 Å². The summed E-state index contributed by atoms with van der Waals surface area (Å²) in [5.41, 5.74) is 7.76. The van der Waals surface area contributed by atoms with Crippen LogP contribution in [0.1, 0.15) is 59.1 Å². The van der Waals surface area contributed by atoms with E-state index < -0.39 is 0 Å². The Morgan fingerprint density at radius 2 is 1.64 bits per heavy atom. The molecule has 0 aromatic heterocycles. The highest BCUT2D eigenvalue weighted by atomic mass is 16.1. The SMILES string of the molecule is Cc1ccc(CCCCC(=O)C/C=C/c2cc(C)cc(C)c2C)cc1. The molecule has 0 spiro atoms. The average molecular weight is 335 g/mol. The Hall–Kier alpha value is -2.15. The highest BCUT2D eigenvalue weighted by Gasteiger charge is 2.02. The van der Waals surface area contributed by atoms with Gasteiger partial charge >= 0.3 is 0 Å². The lowest BCUT2D eigenvalue weighted by atomic mass is 9.99. The molecular weight excluding hydrogens is 304 g/mol. The molecule has 2 rings (SSSR count). The Morgan fingerprint density at radius 1 is 0.920 bits per heavy atom. The van der Waals surface area contributed by atoms with Crippen LogP contribution in [-0.4, -0.2) is 5.78 Å². The number of allylic oxidation sites excluding steroid dienone is 1. The molecule has 0 radical (unpaired) electrons. The maximum absolute atomic E-state index is 12.1. The third-order valence-corrected chi connectivity index (χ3v) is 4.79. The van der Waals surface area contributed by atoms with Gasteiger partial charge in [0.25, 0.3) is 0 Å². The van der Waals surface area contributed by atoms with E-state index in [0.29, 0.717) is 18.6 Å². The van der Waals surface area contributed by atoms with Crippen molar-refractivity contribution in [3.63, 3.8) is 0 Å². The molecule has 1 heteroatoms. The minimum Gasteiger partial charge on any atom is -0.299 e. The maximum Gasteiger partial charge on any atom is 0.136 e. The maximum atomic E-state index is 12.1. The van der Waals surface area contributed by atoms with E-state index in [0.717, 1.165) is 19.3 Å². The lowest BCUT2D eigenvalue weighted by molar-refractivity contribution is -0.118. The number of hydrogen-bond acceptors (Lipinski definition) is 1. The van der Waals surface area contributed by atoms with Crippen LogP contribution in [0.3, 0.4) is 0 Å². The fraction of sp³-hybridized carbons (Fsp3) is 0.375. The Labute approximate surface area is 152 Å². The van der Waals surface area contributed by atoms with Gasteiger partial charge < -0.3 is 0 Å². The summed E-state index contributed by atoms with van der Waals surface area (Å²) in [5, 5.41) is 0. The lowest BCUT2D eigenvalue weighted by Crippen LogP contribution is -1.96. The van der Waals surface area contributed by atoms with Crippen molar-refractivity contribution in [1.82, 2.24) is 0 Å². The first kappa shape index (κ1) is 19.2. The van der Waals surface area contributed by atoms with E-state index in [9.17, 15) is 4.79 Å². The summed E-state index contributed by atoms with van der Waals surface area (Å²) >= 11 is 0. The topological polar surface area (TPSA) is 17.1 Å². The van der Waals surface area contributed by atoms with Crippen molar-refractivity contribution in [3.05, 3.63) is 75.9 Å². The van der Waals surface area contributed by atoms with Crippen LogP contribution in [0.15, 0.2) is 42.5 Å². The first-order chi connectivity index (χ1) is 12.0. The van der Waals surface area contributed by atoms with Gasteiger partial charge in [0, 0.05) is 12.8 Å². The normalized spacial score (nSPS) is 11.2. The molecule has 0 aliphatic carbocycles. The number of Topliss-reactive ketones (excluding diaryl/α,β-unsaturated/α-hetero) is 1. The second-order valence-electron chi connectivity index (χ2n) is 7.13. The van der Waals surface area contributed by atoms with Crippen LogP contribution < -0.4 is 0 Å². The molecule has 132 valence electrons. The Balaban J connectivity index is 1.73. The number of carbonyl (C=O) groups is 1. The predicted octanol–water partition coefficient (Wildman–Crippen LogP) is 6.31. The molecule has 1 nitrogen and oxygen atoms in total. The summed E-state index contributed by atoms with van der Waals surface area (Å²) in [6, 6.07) is 13.1. The van der Waals surface area contributed by atoms with E-state index in [2.05, 4.69) is 70.2 Å². The number of unbranched alkanes of at least 4 members (excludes halogenated alkanes) is 1. The summed E-state index contributed by atoms with van der Waals surface area (Å²) in [6.45, 7) is 8.50. The van der Waals surface area contributed by atoms with Crippen molar-refractivity contribution in [1.29, 1.82) is 0 Å². The first-order valence-corrected chi connectivity index (χ1v) is 9.27. The molecule has 2 aromatic rings. The molecule has 0 bridgehead atoms. The van der Waals surface area contributed by atoms with Crippen molar-refractivity contribution in [2.45, 2.75) is 59.8 Å². The van der Waals surface area contributed by atoms with Crippen LogP contribution in [0.4, 0.5) is 0 Å². The summed E-state index contributed by atoms with van der Waals surface area (Å²) in [6.07, 6.45) is 8.45. The largest absolute Gasteiger partial charge is 0.299 e. The number of aryl methyl sites for hydroxylation is 4. The summed E-state index contributed by atoms with van der Waals surface area (Å²) in [4.78, 5) is 12.1. The van der Waals surface area contributed by atoms with Gasteiger partial charge in [-0.2, -0.15) is 0 Å². The van der Waals surface area contributed by atoms with Crippen molar-refractivity contribution in [2.75, 3.05) is 0 Å². The fourth-order valence-electron chi connectivity index (χ4n) is 3.07. The van der Waals surface area contributed by atoms with E-state index in [1.165, 1.54) is 33.4 Å². The van der Waals surface area contributed by atoms with Gasteiger partial charge in [0.1, 0.15) is 5.78 Å². The van der Waals surface area contributed by atoms with Gasteiger partial charge in [-0.1, -0.05) is 59.7 Å². The van der Waals surface area contributed by atoms with Crippen LogP contribution >= 0.6 is 0 Å². The molecule has 25 heavy (non-hydrogen) atoms. The molecular formula is C24H30O. The monoisotopic (exact) mass is 334 g/mol. The Bertz CT molecular complexity index is 735. The van der Waals surface area contributed by atoms with E-state index in [-0.39, 0.29) is 0 Å². The molecule has 0 aliphatic heterocycles.